The first kappa shape index (κ1) is 49.2. The number of aryl methyl sites for hydroxylation is 2. The van der Waals surface area contributed by atoms with Crippen molar-refractivity contribution in [2.75, 3.05) is 0 Å². The van der Waals surface area contributed by atoms with Crippen molar-refractivity contribution in [1.82, 2.24) is 0 Å². The van der Waals surface area contributed by atoms with E-state index in [1.165, 1.54) is 101 Å². The van der Waals surface area contributed by atoms with Gasteiger partial charge in [-0.1, -0.05) is 213 Å². The molecule has 0 fully saturated rings. The van der Waals surface area contributed by atoms with Crippen LogP contribution in [0, 0.1) is 0 Å². The van der Waals surface area contributed by atoms with Gasteiger partial charge in [-0.3, -0.25) is 0 Å². The van der Waals surface area contributed by atoms with E-state index in [1.807, 2.05) is 0 Å². The fraction of sp³-hybridized carbons (Fsp3) is 0.276. The molecule has 0 saturated heterocycles. The summed E-state index contributed by atoms with van der Waals surface area (Å²) in [6, 6.07) is 58.1. The molecule has 0 bridgehead atoms. The van der Waals surface area contributed by atoms with E-state index in [1.54, 1.807) is 0 Å². The van der Waals surface area contributed by atoms with Crippen LogP contribution in [-0.2, 0) is 44.5 Å². The van der Waals surface area contributed by atoms with Gasteiger partial charge in [0.25, 0.3) is 0 Å². The number of rotatable bonds is 8. The van der Waals surface area contributed by atoms with Gasteiger partial charge in [0.05, 0.1) is 0 Å². The van der Waals surface area contributed by atoms with E-state index in [0.717, 1.165) is 22.4 Å². The fourth-order valence-electron chi connectivity index (χ4n) is 8.53. The summed E-state index contributed by atoms with van der Waals surface area (Å²) >= 11 is -0.826. The first-order chi connectivity index (χ1) is 29.8. The number of fused-ring (bicyclic) bond motifs is 2. The Bertz CT molecular complexity index is 2420. The standard InChI is InChI=1S/2C28H29.C2H6Si.2ClH.Zr/c2*1-5-11-20-18-22-16-17-26(28(2,3)4)27(25(22)19-20)24-15-10-9-14-23(24)21-12-7-6-8-13-21;1-3-2;;;/h2*6-10,12-19H,5,11H2,1-4H3;1-2H3;2*1H;/q2*-1;;;;+4/p-2. The van der Waals surface area contributed by atoms with Crippen molar-refractivity contribution in [1.29, 1.82) is 0 Å². The Labute approximate surface area is 395 Å². The van der Waals surface area contributed by atoms with Crippen molar-refractivity contribution < 1.29 is 20.8 Å². The third kappa shape index (κ3) is 12.3. The third-order valence-corrected chi connectivity index (χ3v) is 11.2. The molecule has 0 aliphatic heterocycles. The van der Waals surface area contributed by atoms with Gasteiger partial charge in [0, 0.05) is 9.52 Å². The predicted molar refractivity (Wildman–Crippen MR) is 275 cm³/mol. The summed E-state index contributed by atoms with van der Waals surface area (Å²) in [5.74, 6) is 0. The molecule has 2 radical (unpaired) electrons. The molecular formula is C58H64Cl2SiZr. The molecule has 0 nitrogen and oxygen atoms in total. The topological polar surface area (TPSA) is 0 Å². The van der Waals surface area contributed by atoms with Crippen LogP contribution in [0.4, 0.5) is 0 Å². The summed E-state index contributed by atoms with van der Waals surface area (Å²) in [6.45, 7) is 22.7. The van der Waals surface area contributed by atoms with E-state index >= 15 is 0 Å². The van der Waals surface area contributed by atoms with Gasteiger partial charge < -0.3 is 0 Å². The van der Waals surface area contributed by atoms with Crippen LogP contribution in [0.25, 0.3) is 66.1 Å². The zero-order valence-electron chi connectivity index (χ0n) is 38.6. The van der Waals surface area contributed by atoms with Gasteiger partial charge in [0.2, 0.25) is 0 Å². The summed E-state index contributed by atoms with van der Waals surface area (Å²) < 4.78 is 0. The average Bonchev–Trinajstić information content (AvgIpc) is 3.88. The summed E-state index contributed by atoms with van der Waals surface area (Å²) in [5.41, 5.74) is 16.5. The zero-order chi connectivity index (χ0) is 44.9. The number of benzene rings is 6. The third-order valence-electron chi connectivity index (χ3n) is 11.2. The van der Waals surface area contributed by atoms with Crippen LogP contribution in [-0.4, -0.2) is 9.52 Å². The van der Waals surface area contributed by atoms with Gasteiger partial charge in [-0.05, 0) is 57.1 Å². The van der Waals surface area contributed by atoms with E-state index in [4.69, 9.17) is 17.0 Å². The zero-order valence-corrected chi connectivity index (χ0v) is 43.6. The van der Waals surface area contributed by atoms with Gasteiger partial charge in [0.15, 0.2) is 0 Å². The van der Waals surface area contributed by atoms with Gasteiger partial charge in [0.1, 0.15) is 0 Å². The van der Waals surface area contributed by atoms with Crippen LogP contribution in [0.5, 0.6) is 0 Å². The van der Waals surface area contributed by atoms with Gasteiger partial charge >= 0.3 is 37.9 Å². The molecule has 8 aromatic carbocycles. The molecule has 0 saturated carbocycles. The predicted octanol–water partition coefficient (Wildman–Crippen LogP) is 18.4. The molecule has 62 heavy (non-hydrogen) atoms. The van der Waals surface area contributed by atoms with E-state index in [-0.39, 0.29) is 10.8 Å². The Morgan fingerprint density at radius 1 is 0.468 bits per heavy atom. The van der Waals surface area contributed by atoms with Crippen molar-refractivity contribution >= 4 is 48.1 Å². The molecule has 0 aliphatic rings. The molecular weight excluding hydrogens is 887 g/mol. The first-order valence-corrected chi connectivity index (χ1v) is 30.4. The maximum absolute atomic E-state index is 4.93. The SMILES string of the molecule is CCCc1cc2c(-c3ccccc3-c3ccccc3)c(C(C)(C)C)ccc2[cH-]1.CCCc1cc2c(-c3ccccc3-c3ccccc3)c(C(C)(C)C)ccc2[cH-]1.C[Si]C.[Cl][Zr+2][Cl]. The fourth-order valence-corrected chi connectivity index (χ4v) is 8.53. The molecule has 0 atom stereocenters. The molecule has 8 rings (SSSR count). The Morgan fingerprint density at radius 2 is 0.774 bits per heavy atom. The maximum atomic E-state index is 4.93. The number of hydrogen-bond acceptors (Lipinski definition) is 0. The van der Waals surface area contributed by atoms with Crippen molar-refractivity contribution in [3.63, 3.8) is 0 Å². The van der Waals surface area contributed by atoms with Crippen molar-refractivity contribution in [2.24, 2.45) is 0 Å². The van der Waals surface area contributed by atoms with Crippen molar-refractivity contribution in [3.8, 4) is 44.5 Å². The van der Waals surface area contributed by atoms with E-state index < -0.39 is 20.8 Å². The normalized spacial score (nSPS) is 11.2. The summed E-state index contributed by atoms with van der Waals surface area (Å²) in [5, 5.41) is 5.49. The van der Waals surface area contributed by atoms with Crippen LogP contribution in [0.15, 0.2) is 158 Å². The number of halogens is 2. The number of hydrogen-bond donors (Lipinski definition) is 0. The molecule has 8 aromatic rings. The Morgan fingerprint density at radius 3 is 1.08 bits per heavy atom. The van der Waals surface area contributed by atoms with E-state index in [0.29, 0.717) is 0 Å². The monoisotopic (exact) mass is 948 g/mol. The second kappa shape index (κ2) is 23.2. The molecule has 0 unspecified atom stereocenters. The Balaban J connectivity index is 0.000000208. The van der Waals surface area contributed by atoms with Crippen LogP contribution < -0.4 is 0 Å². The van der Waals surface area contributed by atoms with Crippen LogP contribution >= 0.6 is 17.0 Å². The Kier molecular flexibility index (Phi) is 18.5. The molecule has 0 aliphatic carbocycles. The van der Waals surface area contributed by atoms with E-state index in [2.05, 4.69) is 226 Å². The van der Waals surface area contributed by atoms with Crippen LogP contribution in [0.3, 0.4) is 0 Å². The van der Waals surface area contributed by atoms with Gasteiger partial charge in [-0.25, -0.2) is 0 Å². The van der Waals surface area contributed by atoms with Crippen LogP contribution in [0.1, 0.15) is 90.5 Å². The minimum atomic E-state index is -0.826. The molecule has 318 valence electrons. The molecule has 0 aromatic heterocycles. The Hall–Kier alpha value is -3.78. The summed E-state index contributed by atoms with van der Waals surface area (Å²) in [7, 11) is 11.0. The van der Waals surface area contributed by atoms with Gasteiger partial charge in [-0.2, -0.15) is 12.1 Å². The second-order valence-electron chi connectivity index (χ2n) is 18.1. The summed E-state index contributed by atoms with van der Waals surface area (Å²) in [4.78, 5) is 0. The first-order valence-electron chi connectivity index (χ1n) is 22.1. The second-order valence-corrected chi connectivity index (χ2v) is 22.8. The minimum absolute atomic E-state index is 0.0789. The van der Waals surface area contributed by atoms with Gasteiger partial charge in [-0.15, -0.1) is 69.1 Å². The van der Waals surface area contributed by atoms with Crippen LogP contribution in [0.2, 0.25) is 13.1 Å². The van der Waals surface area contributed by atoms with Crippen molar-refractivity contribution in [2.45, 2.75) is 105 Å². The quantitative estimate of drug-likeness (QED) is 0.105. The molecule has 0 heterocycles. The van der Waals surface area contributed by atoms with E-state index in [9.17, 15) is 0 Å². The van der Waals surface area contributed by atoms with Crippen molar-refractivity contribution in [3.05, 3.63) is 180 Å². The molecule has 0 amide bonds. The summed E-state index contributed by atoms with van der Waals surface area (Å²) in [6.07, 6.45) is 4.63. The molecule has 0 N–H and O–H groups in total. The molecule has 4 heteroatoms. The molecule has 0 spiro atoms. The average molecular weight is 951 g/mol.